The second kappa shape index (κ2) is 6.87. The SMILES string of the molecule is Cc1nc(N)c2cccnc2c1C.Cc1nc(N)c2nccnc2c1C. The van der Waals surface area contributed by atoms with E-state index in [1.165, 1.54) is 0 Å². The number of rotatable bonds is 0. The molecule has 0 saturated carbocycles. The molecule has 0 spiro atoms. The van der Waals surface area contributed by atoms with E-state index in [0.717, 1.165) is 38.9 Å². The van der Waals surface area contributed by atoms with Crippen molar-refractivity contribution in [3.63, 3.8) is 0 Å². The van der Waals surface area contributed by atoms with Crippen LogP contribution in [0, 0.1) is 27.7 Å². The van der Waals surface area contributed by atoms with Crippen LogP contribution in [0.15, 0.2) is 30.7 Å². The Balaban J connectivity index is 0.000000151. The lowest BCUT2D eigenvalue weighted by Crippen LogP contribution is -1.99. The van der Waals surface area contributed by atoms with Gasteiger partial charge >= 0.3 is 0 Å². The third kappa shape index (κ3) is 3.11. The molecule has 4 rings (SSSR count). The summed E-state index contributed by atoms with van der Waals surface area (Å²) in [5, 5.41) is 0.936. The van der Waals surface area contributed by atoms with E-state index in [1.54, 1.807) is 18.6 Å². The van der Waals surface area contributed by atoms with Gasteiger partial charge in [-0.05, 0) is 51.0 Å². The summed E-state index contributed by atoms with van der Waals surface area (Å²) in [4.78, 5) is 21.1. The Kier molecular flexibility index (Phi) is 4.62. The summed E-state index contributed by atoms with van der Waals surface area (Å²) in [7, 11) is 0. The van der Waals surface area contributed by atoms with Crippen molar-refractivity contribution in [2.45, 2.75) is 27.7 Å². The van der Waals surface area contributed by atoms with Gasteiger partial charge in [-0.15, -0.1) is 0 Å². The van der Waals surface area contributed by atoms with Gasteiger partial charge in [-0.2, -0.15) is 0 Å². The molecule has 4 aromatic heterocycles. The van der Waals surface area contributed by atoms with Gasteiger partial charge in [-0.25, -0.2) is 15.0 Å². The van der Waals surface area contributed by atoms with Gasteiger partial charge in [-0.3, -0.25) is 9.97 Å². The van der Waals surface area contributed by atoms with Crippen molar-refractivity contribution in [2.24, 2.45) is 0 Å². The molecule has 0 aliphatic carbocycles. The number of hydrogen-bond acceptors (Lipinski definition) is 7. The van der Waals surface area contributed by atoms with Crippen LogP contribution < -0.4 is 11.5 Å². The highest BCUT2D eigenvalue weighted by Crippen LogP contribution is 2.22. The highest BCUT2D eigenvalue weighted by atomic mass is 14.9. The van der Waals surface area contributed by atoms with Crippen molar-refractivity contribution < 1.29 is 0 Å². The maximum atomic E-state index is 5.77. The van der Waals surface area contributed by atoms with Crippen molar-refractivity contribution in [3.05, 3.63) is 53.2 Å². The normalized spacial score (nSPS) is 10.6. The third-order valence-corrected chi connectivity index (χ3v) is 4.40. The van der Waals surface area contributed by atoms with Crippen molar-refractivity contribution >= 4 is 33.6 Å². The number of anilines is 2. The van der Waals surface area contributed by atoms with E-state index in [4.69, 9.17) is 11.5 Å². The lowest BCUT2D eigenvalue weighted by molar-refractivity contribution is 1.15. The van der Waals surface area contributed by atoms with Crippen LogP contribution in [0.1, 0.15) is 22.5 Å². The molecule has 0 aliphatic heterocycles. The third-order valence-electron chi connectivity index (χ3n) is 4.40. The van der Waals surface area contributed by atoms with Gasteiger partial charge in [0.05, 0.1) is 11.0 Å². The summed E-state index contributed by atoms with van der Waals surface area (Å²) in [6.07, 6.45) is 5.05. The van der Waals surface area contributed by atoms with Gasteiger partial charge in [-0.1, -0.05) is 0 Å². The smallest absolute Gasteiger partial charge is 0.151 e. The van der Waals surface area contributed by atoms with Crippen molar-refractivity contribution in [1.82, 2.24) is 24.9 Å². The number of nitrogens with two attached hydrogens (primary N) is 2. The number of hydrogen-bond donors (Lipinski definition) is 2. The Morgan fingerprint density at radius 3 is 1.88 bits per heavy atom. The van der Waals surface area contributed by atoms with Crippen LogP contribution in [-0.4, -0.2) is 24.9 Å². The van der Waals surface area contributed by atoms with E-state index < -0.39 is 0 Å². The first-order valence-corrected chi connectivity index (χ1v) is 8.21. The van der Waals surface area contributed by atoms with Gasteiger partial charge in [0, 0.05) is 35.4 Å². The Labute approximate surface area is 151 Å². The van der Waals surface area contributed by atoms with Crippen LogP contribution in [0.3, 0.4) is 0 Å². The summed E-state index contributed by atoms with van der Waals surface area (Å²) >= 11 is 0. The van der Waals surface area contributed by atoms with E-state index in [9.17, 15) is 0 Å². The average molecular weight is 347 g/mol. The molecule has 4 N–H and O–H groups in total. The lowest BCUT2D eigenvalue weighted by atomic mass is 10.1. The molecular formula is C19H21N7. The molecule has 132 valence electrons. The molecule has 0 unspecified atom stereocenters. The summed E-state index contributed by atoms with van der Waals surface area (Å²) in [5.41, 5.74) is 18.0. The van der Waals surface area contributed by atoms with Crippen molar-refractivity contribution in [2.75, 3.05) is 11.5 Å². The topological polar surface area (TPSA) is 116 Å². The van der Waals surface area contributed by atoms with Crippen LogP contribution in [0.4, 0.5) is 11.6 Å². The molecule has 0 bridgehead atoms. The van der Waals surface area contributed by atoms with Crippen LogP contribution in [-0.2, 0) is 0 Å². The lowest BCUT2D eigenvalue weighted by Gasteiger charge is -2.05. The molecule has 0 saturated heterocycles. The molecule has 0 amide bonds. The largest absolute Gasteiger partial charge is 0.383 e. The van der Waals surface area contributed by atoms with Crippen molar-refractivity contribution in [3.8, 4) is 0 Å². The van der Waals surface area contributed by atoms with E-state index >= 15 is 0 Å². The first kappa shape index (κ1) is 17.5. The fraction of sp³-hybridized carbons (Fsp3) is 0.211. The molecule has 4 heterocycles. The predicted molar refractivity (Wildman–Crippen MR) is 105 cm³/mol. The van der Waals surface area contributed by atoms with Crippen LogP contribution in [0.2, 0.25) is 0 Å². The van der Waals surface area contributed by atoms with E-state index in [1.807, 2.05) is 39.8 Å². The maximum Gasteiger partial charge on any atom is 0.151 e. The summed E-state index contributed by atoms with van der Waals surface area (Å²) in [5.74, 6) is 1.01. The number of pyridine rings is 3. The fourth-order valence-electron chi connectivity index (χ4n) is 2.70. The monoisotopic (exact) mass is 347 g/mol. The molecule has 26 heavy (non-hydrogen) atoms. The zero-order valence-electron chi connectivity index (χ0n) is 15.3. The number of fused-ring (bicyclic) bond motifs is 2. The minimum Gasteiger partial charge on any atom is -0.383 e. The number of aromatic nitrogens is 5. The molecular weight excluding hydrogens is 326 g/mol. The first-order valence-electron chi connectivity index (χ1n) is 8.21. The summed E-state index contributed by atoms with van der Waals surface area (Å²) < 4.78 is 0. The number of nitrogens with zero attached hydrogens (tertiary/aromatic N) is 5. The molecule has 0 fully saturated rings. The van der Waals surface area contributed by atoms with E-state index in [-0.39, 0.29) is 0 Å². The second-order valence-electron chi connectivity index (χ2n) is 6.07. The van der Waals surface area contributed by atoms with Gasteiger partial charge in [0.2, 0.25) is 0 Å². The van der Waals surface area contributed by atoms with Crippen LogP contribution >= 0.6 is 0 Å². The number of nitrogen functional groups attached to an aromatic ring is 2. The van der Waals surface area contributed by atoms with Crippen LogP contribution in [0.5, 0.6) is 0 Å². The fourth-order valence-corrected chi connectivity index (χ4v) is 2.70. The zero-order chi connectivity index (χ0) is 18.8. The molecule has 0 atom stereocenters. The Hall–Kier alpha value is -3.35. The van der Waals surface area contributed by atoms with Gasteiger partial charge < -0.3 is 11.5 Å². The van der Waals surface area contributed by atoms with Gasteiger partial charge in [0.1, 0.15) is 11.3 Å². The second-order valence-corrected chi connectivity index (χ2v) is 6.07. The summed E-state index contributed by atoms with van der Waals surface area (Å²) in [6.45, 7) is 7.84. The maximum absolute atomic E-state index is 5.77. The van der Waals surface area contributed by atoms with Gasteiger partial charge in [0.15, 0.2) is 5.82 Å². The molecule has 0 aromatic carbocycles. The minimum absolute atomic E-state index is 0.450. The summed E-state index contributed by atoms with van der Waals surface area (Å²) in [6, 6.07) is 3.81. The standard InChI is InChI=1S/C10H11N3.C9H10N4/c1-6-7(2)13-10(11)8-4-3-5-12-9(6)8;1-5-6(2)13-9(10)8-7(5)11-3-4-12-8/h3-5H,1-2H3,(H2,11,13);3-4H,1-2H3,(H2,10,13). The quantitative estimate of drug-likeness (QED) is 0.502. The molecule has 4 aromatic rings. The molecule has 7 heteroatoms. The highest BCUT2D eigenvalue weighted by molar-refractivity contribution is 5.90. The van der Waals surface area contributed by atoms with Gasteiger partial charge in [0.25, 0.3) is 0 Å². The van der Waals surface area contributed by atoms with E-state index in [0.29, 0.717) is 17.2 Å². The Morgan fingerprint density at radius 1 is 0.654 bits per heavy atom. The number of aryl methyl sites for hydroxylation is 4. The highest BCUT2D eigenvalue weighted by Gasteiger charge is 2.07. The van der Waals surface area contributed by atoms with E-state index in [2.05, 4.69) is 24.9 Å². The Bertz CT molecular complexity index is 1020. The molecule has 0 radical (unpaired) electrons. The minimum atomic E-state index is 0.450. The predicted octanol–water partition coefficient (Wildman–Crippen LogP) is 3.05. The molecule has 0 aliphatic rings. The van der Waals surface area contributed by atoms with Crippen LogP contribution in [0.25, 0.3) is 21.9 Å². The first-order chi connectivity index (χ1) is 12.4. The van der Waals surface area contributed by atoms with Crippen molar-refractivity contribution in [1.29, 1.82) is 0 Å². The molecule has 7 nitrogen and oxygen atoms in total. The Morgan fingerprint density at radius 2 is 1.19 bits per heavy atom. The average Bonchev–Trinajstić information content (AvgIpc) is 2.65. The zero-order valence-corrected chi connectivity index (χ0v) is 15.3.